The number of benzene rings is 2. The third-order valence-electron chi connectivity index (χ3n) is 3.54. The van der Waals surface area contributed by atoms with E-state index in [1.807, 2.05) is 0 Å². The summed E-state index contributed by atoms with van der Waals surface area (Å²) in [5.74, 6) is 1.04. The summed E-state index contributed by atoms with van der Waals surface area (Å²) >= 11 is 0. The SMILES string of the molecule is Cc1ccc(NCC2Cc3cc(C)ccc3O2)cc1. The molecule has 2 aromatic rings. The zero-order valence-corrected chi connectivity index (χ0v) is 11.4. The third-order valence-corrected chi connectivity index (χ3v) is 3.54. The Kier molecular flexibility index (Phi) is 3.16. The van der Waals surface area contributed by atoms with Gasteiger partial charge in [-0.1, -0.05) is 35.4 Å². The third kappa shape index (κ3) is 2.73. The van der Waals surface area contributed by atoms with Gasteiger partial charge in [-0.3, -0.25) is 0 Å². The van der Waals surface area contributed by atoms with Crippen LogP contribution < -0.4 is 10.1 Å². The molecule has 0 amide bonds. The Morgan fingerprint density at radius 3 is 2.58 bits per heavy atom. The smallest absolute Gasteiger partial charge is 0.123 e. The summed E-state index contributed by atoms with van der Waals surface area (Å²) < 4.78 is 5.94. The van der Waals surface area contributed by atoms with Gasteiger partial charge < -0.3 is 10.1 Å². The van der Waals surface area contributed by atoms with Crippen LogP contribution in [0.1, 0.15) is 16.7 Å². The highest BCUT2D eigenvalue weighted by atomic mass is 16.5. The zero-order valence-electron chi connectivity index (χ0n) is 11.4. The molecule has 0 bridgehead atoms. The van der Waals surface area contributed by atoms with Gasteiger partial charge >= 0.3 is 0 Å². The predicted molar refractivity (Wildman–Crippen MR) is 79.0 cm³/mol. The van der Waals surface area contributed by atoms with E-state index in [1.54, 1.807) is 0 Å². The van der Waals surface area contributed by atoms with E-state index in [9.17, 15) is 0 Å². The summed E-state index contributed by atoms with van der Waals surface area (Å²) in [6, 6.07) is 14.9. The molecule has 1 atom stereocenters. The van der Waals surface area contributed by atoms with Gasteiger partial charge in [0.2, 0.25) is 0 Å². The first-order chi connectivity index (χ1) is 9.20. The van der Waals surface area contributed by atoms with E-state index in [2.05, 4.69) is 61.6 Å². The van der Waals surface area contributed by atoms with Crippen LogP contribution in [0.4, 0.5) is 5.69 Å². The fourth-order valence-electron chi connectivity index (χ4n) is 2.47. The van der Waals surface area contributed by atoms with Gasteiger partial charge in [0.15, 0.2) is 0 Å². The Balaban J connectivity index is 1.60. The average Bonchev–Trinajstić information content (AvgIpc) is 2.80. The van der Waals surface area contributed by atoms with Crippen LogP contribution in [0.5, 0.6) is 5.75 Å². The maximum atomic E-state index is 5.94. The number of hydrogen-bond acceptors (Lipinski definition) is 2. The van der Waals surface area contributed by atoms with Gasteiger partial charge in [-0.05, 0) is 37.6 Å². The fraction of sp³-hybridized carbons (Fsp3) is 0.294. The van der Waals surface area contributed by atoms with Crippen LogP contribution >= 0.6 is 0 Å². The summed E-state index contributed by atoms with van der Waals surface area (Å²) in [6.07, 6.45) is 1.23. The van der Waals surface area contributed by atoms with E-state index >= 15 is 0 Å². The molecule has 0 radical (unpaired) electrons. The molecule has 0 saturated heterocycles. The maximum Gasteiger partial charge on any atom is 0.123 e. The van der Waals surface area contributed by atoms with Crippen LogP contribution in [0, 0.1) is 13.8 Å². The molecule has 0 fully saturated rings. The first kappa shape index (κ1) is 12.1. The molecule has 1 aliphatic heterocycles. The van der Waals surface area contributed by atoms with E-state index in [0.717, 1.165) is 24.4 Å². The normalized spacial score (nSPS) is 16.8. The number of ether oxygens (including phenoxy) is 1. The molecule has 0 spiro atoms. The number of hydrogen-bond donors (Lipinski definition) is 1. The van der Waals surface area contributed by atoms with Crippen molar-refractivity contribution in [2.45, 2.75) is 26.4 Å². The second kappa shape index (κ2) is 4.96. The van der Waals surface area contributed by atoms with Crippen LogP contribution in [-0.4, -0.2) is 12.6 Å². The molecule has 98 valence electrons. The van der Waals surface area contributed by atoms with Crippen molar-refractivity contribution >= 4 is 5.69 Å². The van der Waals surface area contributed by atoms with Gasteiger partial charge in [-0.25, -0.2) is 0 Å². The minimum atomic E-state index is 0.234. The molecule has 2 nitrogen and oxygen atoms in total. The summed E-state index contributed by atoms with van der Waals surface area (Å²) in [5, 5.41) is 3.44. The minimum Gasteiger partial charge on any atom is -0.488 e. The highest BCUT2D eigenvalue weighted by Gasteiger charge is 2.22. The lowest BCUT2D eigenvalue weighted by atomic mass is 10.1. The van der Waals surface area contributed by atoms with Gasteiger partial charge in [0.05, 0.1) is 6.54 Å². The highest BCUT2D eigenvalue weighted by Crippen LogP contribution is 2.29. The number of fused-ring (bicyclic) bond motifs is 1. The molecule has 19 heavy (non-hydrogen) atoms. The van der Waals surface area contributed by atoms with E-state index in [4.69, 9.17) is 4.74 Å². The van der Waals surface area contributed by atoms with E-state index in [0.29, 0.717) is 0 Å². The quantitative estimate of drug-likeness (QED) is 0.900. The molecular weight excluding hydrogens is 234 g/mol. The number of nitrogens with one attached hydrogen (secondary N) is 1. The summed E-state index contributed by atoms with van der Waals surface area (Å²) in [4.78, 5) is 0. The van der Waals surface area contributed by atoms with Crippen molar-refractivity contribution in [3.05, 3.63) is 59.2 Å². The van der Waals surface area contributed by atoms with Crippen molar-refractivity contribution in [2.75, 3.05) is 11.9 Å². The zero-order chi connectivity index (χ0) is 13.2. The summed E-state index contributed by atoms with van der Waals surface area (Å²) in [6.45, 7) is 5.07. The molecule has 0 aliphatic carbocycles. The van der Waals surface area contributed by atoms with Gasteiger partial charge in [-0.2, -0.15) is 0 Å². The maximum absolute atomic E-state index is 5.94. The standard InChI is InChI=1S/C17H19NO/c1-12-3-6-15(7-4-12)18-11-16-10-14-9-13(2)5-8-17(14)19-16/h3-9,16,18H,10-11H2,1-2H3. The second-order valence-electron chi connectivity index (χ2n) is 5.30. The van der Waals surface area contributed by atoms with Crippen molar-refractivity contribution in [2.24, 2.45) is 0 Å². The van der Waals surface area contributed by atoms with E-state index in [-0.39, 0.29) is 6.10 Å². The van der Waals surface area contributed by atoms with Crippen molar-refractivity contribution in [1.29, 1.82) is 0 Å². The highest BCUT2D eigenvalue weighted by molar-refractivity contribution is 5.45. The van der Waals surface area contributed by atoms with Crippen molar-refractivity contribution in [3.8, 4) is 5.75 Å². The van der Waals surface area contributed by atoms with Crippen LogP contribution in [-0.2, 0) is 6.42 Å². The summed E-state index contributed by atoms with van der Waals surface area (Å²) in [7, 11) is 0. The summed E-state index contributed by atoms with van der Waals surface area (Å²) in [5.41, 5.74) is 5.07. The van der Waals surface area contributed by atoms with Crippen molar-refractivity contribution in [1.82, 2.24) is 0 Å². The van der Waals surface area contributed by atoms with Gasteiger partial charge in [-0.15, -0.1) is 0 Å². The van der Waals surface area contributed by atoms with Crippen LogP contribution in [0.3, 0.4) is 0 Å². The second-order valence-corrected chi connectivity index (χ2v) is 5.30. The van der Waals surface area contributed by atoms with Crippen molar-refractivity contribution < 1.29 is 4.74 Å². The Labute approximate surface area is 114 Å². The first-order valence-electron chi connectivity index (χ1n) is 6.77. The molecule has 1 aliphatic rings. The van der Waals surface area contributed by atoms with Crippen LogP contribution in [0.2, 0.25) is 0 Å². The van der Waals surface area contributed by atoms with Crippen molar-refractivity contribution in [3.63, 3.8) is 0 Å². The molecule has 3 rings (SSSR count). The van der Waals surface area contributed by atoms with E-state index < -0.39 is 0 Å². The predicted octanol–water partition coefficient (Wildman–Crippen LogP) is 3.72. The molecular formula is C17H19NO. The topological polar surface area (TPSA) is 21.3 Å². The van der Waals surface area contributed by atoms with Crippen LogP contribution in [0.15, 0.2) is 42.5 Å². The monoisotopic (exact) mass is 253 g/mol. The lowest BCUT2D eigenvalue weighted by Crippen LogP contribution is -2.23. The molecule has 1 N–H and O–H groups in total. The largest absolute Gasteiger partial charge is 0.488 e. The first-order valence-corrected chi connectivity index (χ1v) is 6.77. The number of rotatable bonds is 3. The van der Waals surface area contributed by atoms with E-state index in [1.165, 1.54) is 16.7 Å². The van der Waals surface area contributed by atoms with Gasteiger partial charge in [0, 0.05) is 12.1 Å². The lowest BCUT2D eigenvalue weighted by Gasteiger charge is -2.13. The average molecular weight is 253 g/mol. The number of aryl methyl sites for hydroxylation is 2. The Hall–Kier alpha value is -1.96. The van der Waals surface area contributed by atoms with Gasteiger partial charge in [0.1, 0.15) is 11.9 Å². The molecule has 1 unspecified atom stereocenters. The molecule has 2 aromatic carbocycles. The fourth-order valence-corrected chi connectivity index (χ4v) is 2.47. The molecule has 2 heteroatoms. The lowest BCUT2D eigenvalue weighted by molar-refractivity contribution is 0.246. The molecule has 1 heterocycles. The van der Waals surface area contributed by atoms with Gasteiger partial charge in [0.25, 0.3) is 0 Å². The minimum absolute atomic E-state index is 0.234. The van der Waals surface area contributed by atoms with Crippen LogP contribution in [0.25, 0.3) is 0 Å². The number of anilines is 1. The molecule has 0 aromatic heterocycles. The Bertz CT molecular complexity index is 574. The Morgan fingerprint density at radius 2 is 1.79 bits per heavy atom. The Morgan fingerprint density at radius 1 is 1.05 bits per heavy atom. The molecule has 0 saturated carbocycles.